The van der Waals surface area contributed by atoms with Crippen LogP contribution in [-0.2, 0) is 4.79 Å². The van der Waals surface area contributed by atoms with Crippen molar-refractivity contribution < 1.29 is 23.1 Å². The first kappa shape index (κ1) is 18.2. The molecule has 0 aromatic heterocycles. The Morgan fingerprint density at radius 1 is 1.37 bits per heavy atom. The zero-order valence-corrected chi connectivity index (χ0v) is 11.4. The Morgan fingerprint density at radius 2 is 1.95 bits per heavy atom. The molecule has 0 saturated heterocycles. The summed E-state index contributed by atoms with van der Waals surface area (Å²) in [6, 6.07) is 0. The number of amides is 1. The van der Waals surface area contributed by atoms with Crippen molar-refractivity contribution in [2.24, 2.45) is 17.6 Å². The lowest BCUT2D eigenvalue weighted by atomic mass is 9.94. The molecular weight excluding hydrogens is 261 g/mol. The highest BCUT2D eigenvalue weighted by Gasteiger charge is 2.33. The van der Waals surface area contributed by atoms with Gasteiger partial charge < -0.3 is 15.7 Å². The first-order chi connectivity index (χ1) is 8.69. The number of rotatable bonds is 8. The van der Waals surface area contributed by atoms with Crippen LogP contribution in [0.15, 0.2) is 0 Å². The first-order valence-electron chi connectivity index (χ1n) is 6.35. The van der Waals surface area contributed by atoms with Crippen molar-refractivity contribution in [2.45, 2.75) is 32.9 Å². The van der Waals surface area contributed by atoms with Gasteiger partial charge in [-0.25, -0.2) is 0 Å². The number of nitrogens with zero attached hydrogens (tertiary/aromatic N) is 1. The summed E-state index contributed by atoms with van der Waals surface area (Å²) in [4.78, 5) is 12.5. The first-order valence-corrected chi connectivity index (χ1v) is 6.35. The molecule has 19 heavy (non-hydrogen) atoms. The van der Waals surface area contributed by atoms with Gasteiger partial charge in [-0.2, -0.15) is 13.2 Å². The lowest BCUT2D eigenvalue weighted by Crippen LogP contribution is -2.41. The van der Waals surface area contributed by atoms with Crippen LogP contribution in [0.25, 0.3) is 0 Å². The number of aliphatic hydroxyl groups excluding tert-OH is 1. The van der Waals surface area contributed by atoms with Crippen molar-refractivity contribution >= 4 is 5.91 Å². The van der Waals surface area contributed by atoms with Gasteiger partial charge in [0.2, 0.25) is 5.91 Å². The van der Waals surface area contributed by atoms with Crippen molar-refractivity contribution in [1.29, 1.82) is 0 Å². The lowest BCUT2D eigenvalue weighted by molar-refractivity contribution is -0.162. The minimum absolute atomic E-state index is 0.00917. The Bertz CT molecular complexity index is 270. The van der Waals surface area contributed by atoms with Gasteiger partial charge in [0, 0.05) is 13.0 Å². The number of hydrogen-bond donors (Lipinski definition) is 2. The van der Waals surface area contributed by atoms with Gasteiger partial charge in [0.15, 0.2) is 0 Å². The summed E-state index contributed by atoms with van der Waals surface area (Å²) < 4.78 is 37.0. The fraction of sp³-hybridized carbons (Fsp3) is 0.917. The largest absolute Gasteiger partial charge is 0.406 e. The fourth-order valence-corrected chi connectivity index (χ4v) is 1.93. The molecule has 4 nitrogen and oxygen atoms in total. The molecule has 0 aromatic carbocycles. The van der Waals surface area contributed by atoms with Crippen LogP contribution < -0.4 is 5.73 Å². The van der Waals surface area contributed by atoms with E-state index in [0.717, 1.165) is 0 Å². The van der Waals surface area contributed by atoms with Gasteiger partial charge >= 0.3 is 6.18 Å². The smallest absolute Gasteiger partial charge is 0.395 e. The molecule has 0 spiro atoms. The molecule has 3 N–H and O–H groups in total. The molecule has 0 radical (unpaired) electrons. The van der Waals surface area contributed by atoms with Gasteiger partial charge in [-0.1, -0.05) is 13.8 Å². The molecule has 0 aliphatic carbocycles. The minimum Gasteiger partial charge on any atom is -0.395 e. The fourth-order valence-electron chi connectivity index (χ4n) is 1.93. The van der Waals surface area contributed by atoms with Gasteiger partial charge in [0.25, 0.3) is 0 Å². The molecule has 114 valence electrons. The predicted molar refractivity (Wildman–Crippen MR) is 66.3 cm³/mol. The standard InChI is InChI=1S/C12H23F3N2O2/c1-9(2)5-10(7-16)6-11(19)17(3-4-18)8-12(13,14)15/h9-10,18H,3-8,16H2,1-2H3/t10-/m0/s1. The zero-order valence-electron chi connectivity index (χ0n) is 11.4. The van der Waals surface area contributed by atoms with Crippen LogP contribution in [0.4, 0.5) is 13.2 Å². The Kier molecular flexibility index (Phi) is 8.01. The summed E-state index contributed by atoms with van der Waals surface area (Å²) in [5.41, 5.74) is 5.53. The highest BCUT2D eigenvalue weighted by Crippen LogP contribution is 2.19. The Balaban J connectivity index is 4.53. The maximum absolute atomic E-state index is 12.3. The number of halogens is 3. The van der Waals surface area contributed by atoms with Crippen molar-refractivity contribution in [3.05, 3.63) is 0 Å². The Morgan fingerprint density at radius 3 is 2.32 bits per heavy atom. The third-order valence-corrected chi connectivity index (χ3v) is 2.69. The number of alkyl halides is 3. The number of carbonyl (C=O) groups excluding carboxylic acids is 1. The van der Waals surface area contributed by atoms with Gasteiger partial charge in [-0.15, -0.1) is 0 Å². The number of hydrogen-bond acceptors (Lipinski definition) is 3. The summed E-state index contributed by atoms with van der Waals surface area (Å²) in [6.07, 6.45) is -3.77. The molecule has 0 unspecified atom stereocenters. The third-order valence-electron chi connectivity index (χ3n) is 2.69. The van der Waals surface area contributed by atoms with Crippen LogP contribution in [0.3, 0.4) is 0 Å². The second-order valence-electron chi connectivity index (χ2n) is 5.09. The normalized spacial score (nSPS) is 13.7. The van der Waals surface area contributed by atoms with E-state index in [2.05, 4.69) is 0 Å². The van der Waals surface area contributed by atoms with Gasteiger partial charge in [-0.3, -0.25) is 4.79 Å². The molecule has 0 aliphatic rings. The van der Waals surface area contributed by atoms with E-state index in [1.165, 1.54) is 0 Å². The lowest BCUT2D eigenvalue weighted by Gasteiger charge is -2.25. The van der Waals surface area contributed by atoms with Crippen LogP contribution in [0, 0.1) is 11.8 Å². The van der Waals surface area contributed by atoms with E-state index in [0.29, 0.717) is 17.2 Å². The minimum atomic E-state index is -4.46. The van der Waals surface area contributed by atoms with E-state index in [1.807, 2.05) is 13.8 Å². The van der Waals surface area contributed by atoms with Gasteiger partial charge in [-0.05, 0) is 24.8 Å². The van der Waals surface area contributed by atoms with Crippen LogP contribution in [-0.4, -0.2) is 48.3 Å². The Labute approximate surface area is 111 Å². The monoisotopic (exact) mass is 284 g/mol. The highest BCUT2D eigenvalue weighted by atomic mass is 19.4. The number of aliphatic hydroxyl groups is 1. The van der Waals surface area contributed by atoms with Crippen molar-refractivity contribution in [1.82, 2.24) is 4.90 Å². The average molecular weight is 284 g/mol. The van der Waals surface area contributed by atoms with Crippen LogP contribution in [0.1, 0.15) is 26.7 Å². The maximum atomic E-state index is 12.3. The quantitative estimate of drug-likeness (QED) is 0.707. The van der Waals surface area contributed by atoms with Crippen LogP contribution in [0.2, 0.25) is 0 Å². The molecule has 0 aromatic rings. The summed E-state index contributed by atoms with van der Waals surface area (Å²) in [5, 5.41) is 8.73. The van der Waals surface area contributed by atoms with E-state index in [9.17, 15) is 18.0 Å². The second kappa shape index (κ2) is 8.37. The van der Waals surface area contributed by atoms with Crippen molar-refractivity contribution in [3.63, 3.8) is 0 Å². The van der Waals surface area contributed by atoms with Crippen molar-refractivity contribution in [3.8, 4) is 0 Å². The van der Waals surface area contributed by atoms with Gasteiger partial charge in [0.1, 0.15) is 6.54 Å². The van der Waals surface area contributed by atoms with Crippen molar-refractivity contribution in [2.75, 3.05) is 26.2 Å². The van der Waals surface area contributed by atoms with Crippen LogP contribution >= 0.6 is 0 Å². The molecule has 0 rings (SSSR count). The predicted octanol–water partition coefficient (Wildman–Crippen LogP) is 1.38. The SMILES string of the molecule is CC(C)C[C@H](CN)CC(=O)N(CCO)CC(F)(F)F. The summed E-state index contributed by atoms with van der Waals surface area (Å²) in [5.74, 6) is -0.403. The highest BCUT2D eigenvalue weighted by molar-refractivity contribution is 5.76. The molecule has 0 aliphatic heterocycles. The summed E-state index contributed by atoms with van der Waals surface area (Å²) in [6.45, 7) is 2.08. The number of nitrogens with two attached hydrogens (primary N) is 1. The molecule has 0 bridgehead atoms. The molecule has 1 amide bonds. The second-order valence-corrected chi connectivity index (χ2v) is 5.09. The zero-order chi connectivity index (χ0) is 15.1. The maximum Gasteiger partial charge on any atom is 0.406 e. The topological polar surface area (TPSA) is 66.6 Å². The average Bonchev–Trinajstić information content (AvgIpc) is 2.25. The molecule has 0 heterocycles. The Hall–Kier alpha value is -0.820. The molecular formula is C12H23F3N2O2. The van der Waals surface area contributed by atoms with E-state index >= 15 is 0 Å². The summed E-state index contributed by atoms with van der Waals surface area (Å²) in [7, 11) is 0. The number of carbonyl (C=O) groups is 1. The summed E-state index contributed by atoms with van der Waals surface area (Å²) >= 11 is 0. The van der Waals surface area contributed by atoms with E-state index in [-0.39, 0.29) is 25.4 Å². The van der Waals surface area contributed by atoms with E-state index < -0.39 is 25.2 Å². The molecule has 0 saturated carbocycles. The molecule has 0 fully saturated rings. The van der Waals surface area contributed by atoms with E-state index in [1.54, 1.807) is 0 Å². The van der Waals surface area contributed by atoms with Crippen LogP contribution in [0.5, 0.6) is 0 Å². The molecule has 7 heteroatoms. The third kappa shape index (κ3) is 8.83. The van der Waals surface area contributed by atoms with Gasteiger partial charge in [0.05, 0.1) is 6.61 Å². The molecule has 1 atom stereocenters. The van der Waals surface area contributed by atoms with E-state index in [4.69, 9.17) is 10.8 Å².